The molecule has 1 aliphatic rings. The lowest BCUT2D eigenvalue weighted by molar-refractivity contribution is 0.122. The van der Waals surface area contributed by atoms with Crippen LogP contribution in [-0.4, -0.2) is 70.2 Å². The van der Waals surface area contributed by atoms with Crippen LogP contribution >= 0.6 is 0 Å². The Morgan fingerprint density at radius 3 is 2.66 bits per heavy atom. The van der Waals surface area contributed by atoms with Crippen LogP contribution in [0.25, 0.3) is 0 Å². The maximum Gasteiger partial charge on any atom is 0.235 e. The van der Waals surface area contributed by atoms with Crippen LogP contribution in [0, 0.1) is 18.6 Å². The van der Waals surface area contributed by atoms with Crippen molar-refractivity contribution < 1.29 is 18.3 Å². The van der Waals surface area contributed by atoms with Gasteiger partial charge in [-0.2, -0.15) is 20.1 Å². The molecule has 11 nitrogen and oxygen atoms in total. The number of nitrogens with zero attached hydrogens (tertiary/aromatic N) is 6. The van der Waals surface area contributed by atoms with Crippen molar-refractivity contribution in [2.24, 2.45) is 0 Å². The van der Waals surface area contributed by atoms with Gasteiger partial charge in [0.15, 0.2) is 5.82 Å². The Morgan fingerprint density at radius 1 is 1.19 bits per heavy atom. The Morgan fingerprint density at radius 2 is 1.97 bits per heavy atom. The average Bonchev–Trinajstić information content (AvgIpc) is 3.18. The van der Waals surface area contributed by atoms with Gasteiger partial charge >= 0.3 is 0 Å². The third-order valence-corrected chi connectivity index (χ3v) is 4.67. The third-order valence-electron chi connectivity index (χ3n) is 4.67. The van der Waals surface area contributed by atoms with Crippen LogP contribution in [0.4, 0.5) is 32.4 Å². The number of H-pyrrole nitrogens is 1. The molecule has 1 fully saturated rings. The predicted molar refractivity (Wildman–Crippen MR) is 112 cm³/mol. The van der Waals surface area contributed by atoms with E-state index in [0.29, 0.717) is 38.1 Å². The van der Waals surface area contributed by atoms with Crippen LogP contribution in [0.15, 0.2) is 18.3 Å². The van der Waals surface area contributed by atoms with Crippen molar-refractivity contribution in [1.82, 2.24) is 30.1 Å². The smallest absolute Gasteiger partial charge is 0.235 e. The van der Waals surface area contributed by atoms with Gasteiger partial charge in [-0.3, -0.25) is 10.1 Å². The summed E-state index contributed by atoms with van der Waals surface area (Å²) in [4.78, 5) is 19.2. The van der Waals surface area contributed by atoms with Gasteiger partial charge in [-0.15, -0.1) is 0 Å². The monoisotopic (exact) mass is 447 g/mol. The summed E-state index contributed by atoms with van der Waals surface area (Å²) in [5.41, 5.74) is 0.852. The molecule has 0 unspecified atom stereocenters. The first-order chi connectivity index (χ1) is 15.5. The van der Waals surface area contributed by atoms with Gasteiger partial charge in [-0.25, -0.2) is 8.78 Å². The number of methoxy groups -OCH3 is 1. The summed E-state index contributed by atoms with van der Waals surface area (Å²) in [6, 6.07) is 1.81. The number of ether oxygens (including phenoxy) is 2. The number of anilines is 4. The zero-order valence-electron chi connectivity index (χ0n) is 17.6. The van der Waals surface area contributed by atoms with E-state index in [-0.39, 0.29) is 24.2 Å². The average molecular weight is 447 g/mol. The van der Waals surface area contributed by atoms with Crippen molar-refractivity contribution in [2.75, 3.05) is 55.6 Å². The van der Waals surface area contributed by atoms with E-state index in [0.717, 1.165) is 18.0 Å². The van der Waals surface area contributed by atoms with Crippen LogP contribution < -0.4 is 15.5 Å². The minimum Gasteiger partial charge on any atom is -0.382 e. The third kappa shape index (κ3) is 5.23. The lowest BCUT2D eigenvalue weighted by atomic mass is 10.2. The summed E-state index contributed by atoms with van der Waals surface area (Å²) >= 11 is 0. The van der Waals surface area contributed by atoms with E-state index in [1.165, 1.54) is 7.11 Å². The summed E-state index contributed by atoms with van der Waals surface area (Å²) < 4.78 is 38.3. The minimum atomic E-state index is -0.799. The fourth-order valence-corrected chi connectivity index (χ4v) is 3.18. The molecule has 0 spiro atoms. The number of hydrogen-bond acceptors (Lipinski definition) is 10. The Hall–Kier alpha value is -3.45. The van der Waals surface area contributed by atoms with E-state index in [1.54, 1.807) is 6.07 Å². The number of nitrogens with one attached hydrogen (secondary N) is 3. The van der Waals surface area contributed by atoms with Crippen molar-refractivity contribution in [1.29, 1.82) is 0 Å². The number of morpholine rings is 1. The van der Waals surface area contributed by atoms with E-state index >= 15 is 0 Å². The van der Waals surface area contributed by atoms with E-state index in [2.05, 4.69) is 40.8 Å². The second kappa shape index (κ2) is 9.78. The number of halogens is 2. The maximum absolute atomic E-state index is 14.4. The number of aromatic amines is 1. The summed E-state index contributed by atoms with van der Waals surface area (Å²) in [5.74, 6) is -0.190. The molecule has 0 bridgehead atoms. The van der Waals surface area contributed by atoms with Gasteiger partial charge in [0.25, 0.3) is 0 Å². The number of hydrogen-bond donors (Lipinski definition) is 3. The summed E-state index contributed by atoms with van der Waals surface area (Å²) in [6.45, 7) is 4.24. The van der Waals surface area contributed by atoms with Crippen molar-refractivity contribution in [3.05, 3.63) is 41.4 Å². The second-order valence-electron chi connectivity index (χ2n) is 7.12. The van der Waals surface area contributed by atoms with E-state index in [9.17, 15) is 8.78 Å². The highest BCUT2D eigenvalue weighted by molar-refractivity contribution is 5.52. The number of aryl methyl sites for hydroxylation is 1. The Kier molecular flexibility index (Phi) is 6.66. The molecule has 4 heterocycles. The van der Waals surface area contributed by atoms with Gasteiger partial charge in [0.2, 0.25) is 17.8 Å². The quantitative estimate of drug-likeness (QED) is 0.472. The molecule has 0 aromatic carbocycles. The number of pyridine rings is 1. The van der Waals surface area contributed by atoms with E-state index < -0.39 is 17.7 Å². The van der Waals surface area contributed by atoms with Crippen LogP contribution in [0.1, 0.15) is 17.4 Å². The molecular formula is C19H23F2N9O2. The van der Waals surface area contributed by atoms with Crippen LogP contribution in [-0.2, 0) is 9.47 Å². The molecular weight excluding hydrogens is 424 g/mol. The van der Waals surface area contributed by atoms with Gasteiger partial charge in [-0.1, -0.05) is 0 Å². The van der Waals surface area contributed by atoms with Crippen LogP contribution in [0.5, 0.6) is 0 Å². The fourth-order valence-electron chi connectivity index (χ4n) is 3.18. The second-order valence-corrected chi connectivity index (χ2v) is 7.12. The molecule has 0 saturated carbocycles. The fraction of sp³-hybridized carbons (Fsp3) is 0.421. The van der Waals surface area contributed by atoms with Crippen molar-refractivity contribution in [3.8, 4) is 0 Å². The zero-order chi connectivity index (χ0) is 22.5. The standard InChI is InChI=1S/C19H23F2N9O2/c1-11-7-15(29-28-11)24-18-25-17(26-19(27-18)30-3-5-32-6-4-30)23-14(10-31-2)16-13(21)8-12(20)9-22-16/h7-9,14H,3-6,10H2,1-2H3,(H3,23,24,25,26,27,28,29)/t14-/m0/s1. The molecule has 32 heavy (non-hydrogen) atoms. The first-order valence-corrected chi connectivity index (χ1v) is 9.96. The molecule has 0 radical (unpaired) electrons. The molecule has 1 aliphatic heterocycles. The number of rotatable bonds is 8. The molecule has 4 rings (SSSR count). The van der Waals surface area contributed by atoms with Gasteiger partial charge < -0.3 is 25.0 Å². The van der Waals surface area contributed by atoms with Gasteiger partial charge in [0.1, 0.15) is 17.3 Å². The number of aromatic nitrogens is 6. The van der Waals surface area contributed by atoms with Crippen LogP contribution in [0.2, 0.25) is 0 Å². The van der Waals surface area contributed by atoms with Crippen molar-refractivity contribution in [2.45, 2.75) is 13.0 Å². The first-order valence-electron chi connectivity index (χ1n) is 9.96. The van der Waals surface area contributed by atoms with Gasteiger partial charge in [0, 0.05) is 38.0 Å². The van der Waals surface area contributed by atoms with Gasteiger partial charge in [-0.05, 0) is 6.92 Å². The molecule has 13 heteroatoms. The first kappa shape index (κ1) is 21.8. The minimum absolute atomic E-state index is 0.0148. The normalized spacial score (nSPS) is 14.9. The zero-order valence-corrected chi connectivity index (χ0v) is 17.6. The highest BCUT2D eigenvalue weighted by Crippen LogP contribution is 2.23. The molecule has 3 aromatic rings. The lowest BCUT2D eigenvalue weighted by Gasteiger charge is -2.27. The largest absolute Gasteiger partial charge is 0.382 e. The summed E-state index contributed by atoms with van der Waals surface area (Å²) in [6.07, 6.45) is 0.947. The molecule has 1 atom stereocenters. The van der Waals surface area contributed by atoms with Crippen molar-refractivity contribution >= 4 is 23.7 Å². The molecule has 1 saturated heterocycles. The van der Waals surface area contributed by atoms with E-state index in [1.807, 2.05) is 11.8 Å². The summed E-state index contributed by atoms with van der Waals surface area (Å²) in [7, 11) is 1.47. The Bertz CT molecular complexity index is 1060. The van der Waals surface area contributed by atoms with E-state index in [4.69, 9.17) is 9.47 Å². The molecule has 0 amide bonds. The highest BCUT2D eigenvalue weighted by Gasteiger charge is 2.22. The lowest BCUT2D eigenvalue weighted by Crippen LogP contribution is -2.37. The van der Waals surface area contributed by atoms with Crippen LogP contribution in [0.3, 0.4) is 0 Å². The molecule has 3 N–H and O–H groups in total. The highest BCUT2D eigenvalue weighted by atomic mass is 19.1. The topological polar surface area (TPSA) is 126 Å². The van der Waals surface area contributed by atoms with Gasteiger partial charge in [0.05, 0.1) is 32.1 Å². The summed E-state index contributed by atoms with van der Waals surface area (Å²) in [5, 5.41) is 13.0. The Labute approximate surface area is 182 Å². The molecule has 3 aromatic heterocycles. The van der Waals surface area contributed by atoms with Crippen molar-refractivity contribution in [3.63, 3.8) is 0 Å². The molecule has 0 aliphatic carbocycles. The SMILES string of the molecule is COC[C@H](Nc1nc(Nc2cc(C)[nH]n2)nc(N2CCOCC2)n1)c1ncc(F)cc1F. The Balaban J connectivity index is 1.66. The maximum atomic E-state index is 14.4. The predicted octanol–water partition coefficient (Wildman–Crippen LogP) is 1.96. The molecule has 170 valence electrons.